The number of hydrogen-bond acceptors (Lipinski definition) is 9. The number of ether oxygens (including phenoxy) is 1. The van der Waals surface area contributed by atoms with Crippen LogP contribution in [0.15, 0.2) is 4.99 Å². The summed E-state index contributed by atoms with van der Waals surface area (Å²) in [6.07, 6.45) is 1.02. The normalized spacial score (nSPS) is 16.4. The van der Waals surface area contributed by atoms with Crippen molar-refractivity contribution in [3.63, 3.8) is 0 Å². The van der Waals surface area contributed by atoms with E-state index in [1.165, 1.54) is 0 Å². The van der Waals surface area contributed by atoms with Crippen molar-refractivity contribution in [2.75, 3.05) is 19.6 Å². The number of likely N-dealkylation sites (tertiary alicyclic amines) is 1. The van der Waals surface area contributed by atoms with Crippen molar-refractivity contribution in [3.05, 3.63) is 10.1 Å². The number of guanidine groups is 1. The van der Waals surface area contributed by atoms with Gasteiger partial charge in [-0.2, -0.15) is 0 Å². The first-order chi connectivity index (χ1) is 17.6. The zero-order valence-corrected chi connectivity index (χ0v) is 22.8. The summed E-state index contributed by atoms with van der Waals surface area (Å²) in [5.74, 6) is -2.65. The molecule has 2 atom stereocenters. The number of nitro groups is 1. The van der Waals surface area contributed by atoms with Gasteiger partial charge in [0.2, 0.25) is 11.8 Å². The van der Waals surface area contributed by atoms with Crippen LogP contribution in [0.4, 0.5) is 4.79 Å². The van der Waals surface area contributed by atoms with Crippen LogP contribution in [-0.4, -0.2) is 88.2 Å². The van der Waals surface area contributed by atoms with E-state index >= 15 is 0 Å². The zero-order chi connectivity index (χ0) is 29.0. The molecule has 3 amide bonds. The molecule has 1 heterocycles. The number of nitrogens with zero attached hydrogens (tertiary/aromatic N) is 3. The standard InChI is InChI=1S/C22H42BN7O8/c1-14(2)13-17(23(34)35)27-19(32)16(7-6-10-25-20(24)28-30(36)37)26-18(31)15-8-11-29(12-9-15)21(33)38-22(3,4)5/h14-17,34-35H,6-13H2,1-5H3,(H,26,31)(H,27,32)(H3,24,25,28)/t16-,17-/m0/s1. The van der Waals surface area contributed by atoms with E-state index in [0.29, 0.717) is 32.4 Å². The fraction of sp³-hybridized carbons (Fsp3) is 0.818. The summed E-state index contributed by atoms with van der Waals surface area (Å²) < 4.78 is 5.38. The lowest BCUT2D eigenvalue weighted by molar-refractivity contribution is -0.525. The predicted molar refractivity (Wildman–Crippen MR) is 140 cm³/mol. The first-order valence-electron chi connectivity index (χ1n) is 12.7. The summed E-state index contributed by atoms with van der Waals surface area (Å²) in [4.78, 5) is 54.1. The number of aliphatic imine (C=N–C) groups is 1. The summed E-state index contributed by atoms with van der Waals surface area (Å²) in [6.45, 7) is 9.77. The molecule has 0 bridgehead atoms. The number of carbonyl (C=O) groups excluding carboxylic acids is 3. The van der Waals surface area contributed by atoms with E-state index in [4.69, 9.17) is 10.5 Å². The maximum Gasteiger partial charge on any atom is 0.475 e. The molecule has 1 rings (SSSR count). The Morgan fingerprint density at radius 3 is 2.32 bits per heavy atom. The van der Waals surface area contributed by atoms with Gasteiger partial charge < -0.3 is 36.1 Å². The molecule has 16 heteroatoms. The summed E-state index contributed by atoms with van der Waals surface area (Å²) in [7, 11) is -1.78. The Kier molecular flexibility index (Phi) is 13.3. The van der Waals surface area contributed by atoms with Crippen LogP contribution >= 0.6 is 0 Å². The van der Waals surface area contributed by atoms with Crippen LogP contribution in [0.25, 0.3) is 0 Å². The van der Waals surface area contributed by atoms with Crippen LogP contribution in [0.5, 0.6) is 0 Å². The van der Waals surface area contributed by atoms with Crippen molar-refractivity contribution >= 4 is 31.0 Å². The first-order valence-corrected chi connectivity index (χ1v) is 12.7. The van der Waals surface area contributed by atoms with Crippen LogP contribution in [0.2, 0.25) is 0 Å². The van der Waals surface area contributed by atoms with E-state index in [0.717, 1.165) is 0 Å². The molecule has 38 heavy (non-hydrogen) atoms. The van der Waals surface area contributed by atoms with Gasteiger partial charge in [-0.25, -0.2) is 19.9 Å². The van der Waals surface area contributed by atoms with Crippen molar-refractivity contribution in [2.24, 2.45) is 22.6 Å². The Hall–Kier alpha value is -3.14. The van der Waals surface area contributed by atoms with Crippen molar-refractivity contribution < 1.29 is 34.2 Å². The third-order valence-electron chi connectivity index (χ3n) is 5.70. The fourth-order valence-electron chi connectivity index (χ4n) is 3.88. The molecule has 0 aromatic rings. The van der Waals surface area contributed by atoms with E-state index in [2.05, 4.69) is 15.6 Å². The number of piperidine rings is 1. The van der Waals surface area contributed by atoms with Crippen molar-refractivity contribution in [2.45, 2.75) is 84.3 Å². The Balaban J connectivity index is 2.82. The molecule has 0 aromatic carbocycles. The van der Waals surface area contributed by atoms with Gasteiger partial charge in [0.15, 0.2) is 5.03 Å². The second kappa shape index (κ2) is 15.3. The number of hydrazine groups is 1. The minimum atomic E-state index is -1.78. The Labute approximate surface area is 223 Å². The summed E-state index contributed by atoms with van der Waals surface area (Å²) in [6, 6.07) is -1.01. The molecule has 0 aromatic heterocycles. The van der Waals surface area contributed by atoms with E-state index in [1.807, 2.05) is 13.8 Å². The number of nitrogens with one attached hydrogen (secondary N) is 3. The lowest BCUT2D eigenvalue weighted by Crippen LogP contribution is -2.55. The molecule has 0 radical (unpaired) electrons. The van der Waals surface area contributed by atoms with Gasteiger partial charge in [0.05, 0.1) is 5.94 Å². The molecule has 1 fully saturated rings. The van der Waals surface area contributed by atoms with E-state index in [9.17, 15) is 34.5 Å². The molecular formula is C22H42BN7O8. The number of hydrogen-bond donors (Lipinski definition) is 6. The van der Waals surface area contributed by atoms with Gasteiger partial charge in [0.25, 0.3) is 5.96 Å². The van der Waals surface area contributed by atoms with Crippen molar-refractivity contribution in [1.29, 1.82) is 0 Å². The average molecular weight is 543 g/mol. The van der Waals surface area contributed by atoms with Gasteiger partial charge >= 0.3 is 13.2 Å². The van der Waals surface area contributed by atoms with Gasteiger partial charge in [-0.15, -0.1) is 0 Å². The van der Waals surface area contributed by atoms with Gasteiger partial charge in [-0.05, 0) is 58.8 Å². The topological polar surface area (TPSA) is 222 Å². The quantitative estimate of drug-likeness (QED) is 0.0464. The van der Waals surface area contributed by atoms with Crippen molar-refractivity contribution in [3.8, 4) is 0 Å². The molecule has 0 aliphatic carbocycles. The number of amides is 3. The SMILES string of the molecule is CC(C)C[C@H](NC(=O)[C@H](CCCN=C(N)N[N+](=O)[O-])NC(=O)C1CCN(C(=O)OC(C)(C)C)CC1)B(O)O. The Bertz CT molecular complexity index is 842. The Morgan fingerprint density at radius 1 is 1.21 bits per heavy atom. The second-order valence-electron chi connectivity index (χ2n) is 10.7. The molecule has 0 saturated carbocycles. The first kappa shape index (κ1) is 32.9. The Morgan fingerprint density at radius 2 is 1.82 bits per heavy atom. The van der Waals surface area contributed by atoms with Crippen molar-refractivity contribution in [1.82, 2.24) is 21.0 Å². The largest absolute Gasteiger partial charge is 0.475 e. The minimum Gasteiger partial charge on any atom is -0.444 e. The zero-order valence-electron chi connectivity index (χ0n) is 22.8. The molecule has 0 unspecified atom stereocenters. The third-order valence-corrected chi connectivity index (χ3v) is 5.70. The van der Waals surface area contributed by atoms with Crippen LogP contribution < -0.4 is 21.8 Å². The van der Waals surface area contributed by atoms with Gasteiger partial charge in [0.1, 0.15) is 11.6 Å². The molecule has 15 nitrogen and oxygen atoms in total. The highest BCUT2D eigenvalue weighted by atomic mass is 16.7. The second-order valence-corrected chi connectivity index (χ2v) is 10.7. The van der Waals surface area contributed by atoms with Crippen LogP contribution in [-0.2, 0) is 14.3 Å². The maximum absolute atomic E-state index is 13.0. The summed E-state index contributed by atoms with van der Waals surface area (Å²) >= 11 is 0. The number of carbonyl (C=O) groups is 3. The lowest BCUT2D eigenvalue weighted by Gasteiger charge is -2.33. The van der Waals surface area contributed by atoms with Gasteiger partial charge in [-0.3, -0.25) is 9.59 Å². The molecule has 216 valence electrons. The number of nitrogens with two attached hydrogens (primary N) is 1. The molecule has 1 aliphatic rings. The molecule has 7 N–H and O–H groups in total. The highest BCUT2D eigenvalue weighted by Crippen LogP contribution is 2.20. The molecular weight excluding hydrogens is 501 g/mol. The van der Waals surface area contributed by atoms with E-state index < -0.39 is 53.6 Å². The number of rotatable bonds is 12. The summed E-state index contributed by atoms with van der Waals surface area (Å²) in [5, 5.41) is 34.3. The molecule has 1 saturated heterocycles. The van der Waals surface area contributed by atoms with Gasteiger partial charge in [0, 0.05) is 25.6 Å². The molecule has 0 spiro atoms. The highest BCUT2D eigenvalue weighted by molar-refractivity contribution is 6.43. The summed E-state index contributed by atoms with van der Waals surface area (Å²) in [5.41, 5.74) is 6.49. The highest BCUT2D eigenvalue weighted by Gasteiger charge is 2.33. The molecule has 1 aliphatic heterocycles. The third kappa shape index (κ3) is 12.9. The van der Waals surface area contributed by atoms with Crippen LogP contribution in [0.1, 0.15) is 66.7 Å². The monoisotopic (exact) mass is 543 g/mol. The maximum atomic E-state index is 13.0. The van der Waals surface area contributed by atoms with Gasteiger partial charge in [-0.1, -0.05) is 19.3 Å². The van der Waals surface area contributed by atoms with E-state index in [-0.39, 0.29) is 31.2 Å². The predicted octanol–water partition coefficient (Wildman–Crippen LogP) is -0.463. The van der Waals surface area contributed by atoms with Crippen LogP contribution in [0.3, 0.4) is 0 Å². The fourth-order valence-corrected chi connectivity index (χ4v) is 3.88. The van der Waals surface area contributed by atoms with E-state index in [1.54, 1.807) is 31.1 Å². The lowest BCUT2D eigenvalue weighted by atomic mass is 9.75. The minimum absolute atomic E-state index is 0.0542. The smallest absolute Gasteiger partial charge is 0.444 e. The average Bonchev–Trinajstić information content (AvgIpc) is 2.78. The van der Waals surface area contributed by atoms with Crippen LogP contribution in [0, 0.1) is 22.0 Å².